The molecule has 3 aromatic carbocycles. The van der Waals surface area contributed by atoms with Gasteiger partial charge >= 0.3 is 0 Å². The first-order valence-electron chi connectivity index (χ1n) is 8.50. The second-order valence-corrected chi connectivity index (χ2v) is 6.69. The molecular formula is C22H18N2O2S. The lowest BCUT2D eigenvalue weighted by atomic mass is 10.2. The molecule has 0 fully saturated rings. The monoisotopic (exact) mass is 374 g/mol. The van der Waals surface area contributed by atoms with Crippen LogP contribution in [0, 0.1) is 0 Å². The van der Waals surface area contributed by atoms with Crippen molar-refractivity contribution in [2.24, 2.45) is 0 Å². The predicted octanol–water partition coefficient (Wildman–Crippen LogP) is 6.35. The van der Waals surface area contributed by atoms with E-state index in [4.69, 9.17) is 9.47 Å². The van der Waals surface area contributed by atoms with Gasteiger partial charge in [-0.3, -0.25) is 0 Å². The number of rotatable bonds is 6. The van der Waals surface area contributed by atoms with Crippen molar-refractivity contribution in [2.45, 2.75) is 0 Å². The van der Waals surface area contributed by atoms with Gasteiger partial charge in [-0.1, -0.05) is 18.2 Å². The predicted molar refractivity (Wildman–Crippen MR) is 110 cm³/mol. The van der Waals surface area contributed by atoms with E-state index in [0.29, 0.717) is 0 Å². The van der Waals surface area contributed by atoms with Crippen LogP contribution in [0.5, 0.6) is 17.2 Å². The van der Waals surface area contributed by atoms with Crippen LogP contribution in [0.2, 0.25) is 0 Å². The molecule has 1 heterocycles. The van der Waals surface area contributed by atoms with Gasteiger partial charge in [-0.05, 0) is 60.7 Å². The van der Waals surface area contributed by atoms with Crippen LogP contribution in [0.1, 0.15) is 0 Å². The van der Waals surface area contributed by atoms with Gasteiger partial charge in [-0.25, -0.2) is 4.98 Å². The Kier molecular flexibility index (Phi) is 5.03. The quantitative estimate of drug-likeness (QED) is 0.427. The highest BCUT2D eigenvalue weighted by Gasteiger charge is 2.06. The zero-order valence-corrected chi connectivity index (χ0v) is 15.6. The fourth-order valence-corrected chi connectivity index (χ4v) is 3.32. The smallest absolute Gasteiger partial charge is 0.187 e. The molecule has 1 N–H and O–H groups in total. The molecule has 5 heteroatoms. The van der Waals surface area contributed by atoms with Crippen molar-refractivity contribution in [1.29, 1.82) is 0 Å². The Bertz CT molecular complexity index is 997. The molecule has 4 aromatic rings. The van der Waals surface area contributed by atoms with Crippen molar-refractivity contribution < 1.29 is 9.47 Å². The molecule has 4 rings (SSSR count). The number of nitrogens with one attached hydrogen (secondary N) is 1. The van der Waals surface area contributed by atoms with Gasteiger partial charge < -0.3 is 14.8 Å². The zero-order chi connectivity index (χ0) is 18.5. The largest absolute Gasteiger partial charge is 0.497 e. The van der Waals surface area contributed by atoms with E-state index in [0.717, 1.165) is 39.3 Å². The minimum absolute atomic E-state index is 0.796. The molecule has 0 radical (unpaired) electrons. The van der Waals surface area contributed by atoms with Crippen LogP contribution >= 0.6 is 11.3 Å². The number of para-hydroxylation sites is 1. The number of thiazole rings is 1. The second-order valence-electron chi connectivity index (χ2n) is 5.83. The Labute approximate surface area is 162 Å². The maximum absolute atomic E-state index is 5.81. The molecule has 0 unspecified atom stereocenters. The number of ether oxygens (including phenoxy) is 2. The topological polar surface area (TPSA) is 43.4 Å². The molecule has 0 aliphatic carbocycles. The third-order valence-corrected chi connectivity index (χ3v) is 4.73. The maximum atomic E-state index is 5.81. The Morgan fingerprint density at radius 1 is 0.778 bits per heavy atom. The van der Waals surface area contributed by atoms with Gasteiger partial charge in [0.2, 0.25) is 0 Å². The second kappa shape index (κ2) is 7.93. The average Bonchev–Trinajstić information content (AvgIpc) is 3.19. The fourth-order valence-electron chi connectivity index (χ4n) is 2.58. The SMILES string of the molecule is COc1ccc(-c2csc(Nc3ccc(Oc4ccccc4)cc3)n2)cc1. The Hall–Kier alpha value is -3.31. The summed E-state index contributed by atoms with van der Waals surface area (Å²) in [4.78, 5) is 4.66. The summed E-state index contributed by atoms with van der Waals surface area (Å²) in [6.07, 6.45) is 0. The number of aromatic nitrogens is 1. The summed E-state index contributed by atoms with van der Waals surface area (Å²) in [7, 11) is 1.66. The summed E-state index contributed by atoms with van der Waals surface area (Å²) in [5, 5.41) is 6.22. The molecule has 0 spiro atoms. The van der Waals surface area contributed by atoms with Gasteiger partial charge in [0.05, 0.1) is 12.8 Å². The fraction of sp³-hybridized carbons (Fsp3) is 0.0455. The molecule has 0 saturated carbocycles. The zero-order valence-electron chi connectivity index (χ0n) is 14.8. The molecule has 0 bridgehead atoms. The minimum Gasteiger partial charge on any atom is -0.497 e. The van der Waals surface area contributed by atoms with E-state index in [-0.39, 0.29) is 0 Å². The molecule has 4 nitrogen and oxygen atoms in total. The first kappa shape index (κ1) is 17.1. The Balaban J connectivity index is 1.42. The molecule has 0 aliphatic heterocycles. The molecule has 0 aliphatic rings. The molecule has 134 valence electrons. The highest BCUT2D eigenvalue weighted by molar-refractivity contribution is 7.14. The number of nitrogens with zero attached hydrogens (tertiary/aromatic N) is 1. The van der Waals surface area contributed by atoms with Crippen molar-refractivity contribution in [3.63, 3.8) is 0 Å². The average molecular weight is 374 g/mol. The summed E-state index contributed by atoms with van der Waals surface area (Å²) in [6, 6.07) is 25.5. The Morgan fingerprint density at radius 3 is 2.15 bits per heavy atom. The highest BCUT2D eigenvalue weighted by Crippen LogP contribution is 2.29. The number of hydrogen-bond donors (Lipinski definition) is 1. The van der Waals surface area contributed by atoms with E-state index < -0.39 is 0 Å². The van der Waals surface area contributed by atoms with Crippen molar-refractivity contribution in [3.8, 4) is 28.5 Å². The van der Waals surface area contributed by atoms with E-state index in [1.165, 1.54) is 0 Å². The summed E-state index contributed by atoms with van der Waals surface area (Å²) < 4.78 is 11.0. The van der Waals surface area contributed by atoms with Crippen LogP contribution < -0.4 is 14.8 Å². The van der Waals surface area contributed by atoms with Crippen LogP contribution in [-0.4, -0.2) is 12.1 Å². The first-order chi connectivity index (χ1) is 13.3. The summed E-state index contributed by atoms with van der Waals surface area (Å²) in [6.45, 7) is 0. The number of benzene rings is 3. The van der Waals surface area contributed by atoms with Crippen LogP contribution in [-0.2, 0) is 0 Å². The summed E-state index contributed by atoms with van der Waals surface area (Å²) >= 11 is 1.57. The molecule has 0 saturated heterocycles. The van der Waals surface area contributed by atoms with Crippen LogP contribution in [0.25, 0.3) is 11.3 Å². The van der Waals surface area contributed by atoms with E-state index in [1.54, 1.807) is 18.4 Å². The lowest BCUT2D eigenvalue weighted by Gasteiger charge is -2.07. The van der Waals surface area contributed by atoms with Gasteiger partial charge in [0.25, 0.3) is 0 Å². The Morgan fingerprint density at radius 2 is 1.44 bits per heavy atom. The third-order valence-electron chi connectivity index (χ3n) is 3.97. The normalized spacial score (nSPS) is 10.4. The molecule has 27 heavy (non-hydrogen) atoms. The van der Waals surface area contributed by atoms with Crippen molar-refractivity contribution in [2.75, 3.05) is 12.4 Å². The molecular weight excluding hydrogens is 356 g/mol. The van der Waals surface area contributed by atoms with Crippen LogP contribution in [0.15, 0.2) is 84.2 Å². The van der Waals surface area contributed by atoms with Gasteiger partial charge in [0, 0.05) is 16.6 Å². The lowest BCUT2D eigenvalue weighted by Crippen LogP contribution is -1.90. The van der Waals surface area contributed by atoms with E-state index in [1.807, 2.05) is 84.2 Å². The van der Waals surface area contributed by atoms with Gasteiger partial charge in [0.1, 0.15) is 17.2 Å². The molecule has 0 atom stereocenters. The number of hydrogen-bond acceptors (Lipinski definition) is 5. The van der Waals surface area contributed by atoms with Crippen LogP contribution in [0.3, 0.4) is 0 Å². The first-order valence-corrected chi connectivity index (χ1v) is 9.38. The van der Waals surface area contributed by atoms with E-state index >= 15 is 0 Å². The standard InChI is InChI=1S/C22H18N2O2S/c1-25-18-11-7-16(8-12-18)21-15-27-22(24-21)23-17-9-13-20(14-10-17)26-19-5-3-2-4-6-19/h2-15H,1H3,(H,23,24). The van der Waals surface area contributed by atoms with Crippen LogP contribution in [0.4, 0.5) is 10.8 Å². The van der Waals surface area contributed by atoms with Gasteiger partial charge in [-0.15, -0.1) is 11.3 Å². The molecule has 0 amide bonds. The van der Waals surface area contributed by atoms with Crippen molar-refractivity contribution in [3.05, 3.63) is 84.2 Å². The highest BCUT2D eigenvalue weighted by atomic mass is 32.1. The minimum atomic E-state index is 0.796. The van der Waals surface area contributed by atoms with E-state index in [2.05, 4.69) is 10.3 Å². The summed E-state index contributed by atoms with van der Waals surface area (Å²) in [5.74, 6) is 2.46. The maximum Gasteiger partial charge on any atom is 0.187 e. The molecule has 1 aromatic heterocycles. The number of methoxy groups -OCH3 is 1. The third kappa shape index (κ3) is 4.27. The van der Waals surface area contributed by atoms with E-state index in [9.17, 15) is 0 Å². The van der Waals surface area contributed by atoms with Crippen molar-refractivity contribution in [1.82, 2.24) is 4.98 Å². The van der Waals surface area contributed by atoms with Crippen molar-refractivity contribution >= 4 is 22.2 Å². The van der Waals surface area contributed by atoms with Gasteiger partial charge in [0.15, 0.2) is 5.13 Å². The summed E-state index contributed by atoms with van der Waals surface area (Å²) in [5.41, 5.74) is 2.96. The number of anilines is 2. The van der Waals surface area contributed by atoms with Gasteiger partial charge in [-0.2, -0.15) is 0 Å². The lowest BCUT2D eigenvalue weighted by molar-refractivity contribution is 0.415.